The Balaban J connectivity index is 1.34. The molecule has 2 aliphatic heterocycles. The molecule has 3 amide bonds. The highest BCUT2D eigenvalue weighted by molar-refractivity contribution is 7.89. The molecular formula is C27H33ClN4O7S. The summed E-state index contributed by atoms with van der Waals surface area (Å²) in [6, 6.07) is 7.75. The Hall–Kier alpha value is -3.22. The number of hydrogen-bond acceptors (Lipinski definition) is 7. The number of nitrogens with zero attached hydrogens (tertiary/aromatic N) is 2. The Morgan fingerprint density at radius 1 is 1.07 bits per heavy atom. The van der Waals surface area contributed by atoms with E-state index in [1.54, 1.807) is 36.1 Å². The summed E-state index contributed by atoms with van der Waals surface area (Å²) in [6.45, 7) is 2.64. The zero-order chi connectivity index (χ0) is 29.0. The second kappa shape index (κ2) is 12.5. The molecule has 2 N–H and O–H groups in total. The Morgan fingerprint density at radius 2 is 1.80 bits per heavy atom. The van der Waals surface area contributed by atoms with E-state index in [2.05, 4.69) is 14.8 Å². The van der Waals surface area contributed by atoms with Gasteiger partial charge < -0.3 is 19.9 Å². The van der Waals surface area contributed by atoms with Crippen LogP contribution < -0.4 is 10.0 Å². The first-order valence-electron chi connectivity index (χ1n) is 13.2. The van der Waals surface area contributed by atoms with E-state index in [9.17, 15) is 27.6 Å². The lowest BCUT2D eigenvalue weighted by Crippen LogP contribution is -2.55. The summed E-state index contributed by atoms with van der Waals surface area (Å²) in [5.41, 5.74) is 0. The molecule has 0 saturated carbocycles. The van der Waals surface area contributed by atoms with Crippen LogP contribution in [0.15, 0.2) is 41.3 Å². The average molecular weight is 593 g/mol. The molecule has 216 valence electrons. The standard InChI is InChI=1S/C27H33ClN4O7S/c1-17(26(35)31-12-3-4-21(16-31)29-24(33)9-10-25(34)39-2)32-13-11-23(27(32)36)30-40(37,38)22-8-6-18-14-20(28)7-5-19(18)15-22/h5-8,14-15,17,21,23,30H,3-4,9-13,16H2,1-2H3,(H,29,33). The Morgan fingerprint density at radius 3 is 2.55 bits per heavy atom. The van der Waals surface area contributed by atoms with Crippen LogP contribution in [0, 0.1) is 0 Å². The van der Waals surface area contributed by atoms with Crippen LogP contribution in [-0.4, -0.2) is 86.8 Å². The number of rotatable bonds is 9. The Labute approximate surface area is 238 Å². The number of carbonyl (C=O) groups is 4. The second-order valence-electron chi connectivity index (χ2n) is 10.1. The number of hydrogen-bond donors (Lipinski definition) is 2. The van der Waals surface area contributed by atoms with Gasteiger partial charge in [0.25, 0.3) is 0 Å². The van der Waals surface area contributed by atoms with Crippen molar-refractivity contribution in [2.45, 2.75) is 62.0 Å². The molecule has 2 aliphatic rings. The number of amides is 3. The number of fused-ring (bicyclic) bond motifs is 1. The van der Waals surface area contributed by atoms with Crippen LogP contribution in [0.1, 0.15) is 39.0 Å². The molecule has 3 unspecified atom stereocenters. The maximum absolute atomic E-state index is 13.3. The molecular weight excluding hydrogens is 560 g/mol. The van der Waals surface area contributed by atoms with E-state index in [1.165, 1.54) is 24.1 Å². The zero-order valence-electron chi connectivity index (χ0n) is 22.4. The SMILES string of the molecule is COC(=O)CCC(=O)NC1CCCN(C(=O)C(C)N2CCC(NS(=O)(=O)c3ccc4cc(Cl)ccc4c3)C2=O)C1. The van der Waals surface area contributed by atoms with Gasteiger partial charge in [0.15, 0.2) is 0 Å². The van der Waals surface area contributed by atoms with Crippen molar-refractivity contribution in [2.75, 3.05) is 26.7 Å². The fraction of sp³-hybridized carbons (Fsp3) is 0.481. The number of methoxy groups -OCH3 is 1. The number of halogens is 1. The Bertz CT molecular complexity index is 1420. The molecule has 4 rings (SSSR count). The predicted molar refractivity (Wildman–Crippen MR) is 148 cm³/mol. The van der Waals surface area contributed by atoms with Gasteiger partial charge in [0.05, 0.1) is 18.4 Å². The zero-order valence-corrected chi connectivity index (χ0v) is 24.0. The number of nitrogens with one attached hydrogen (secondary N) is 2. The van der Waals surface area contributed by atoms with Crippen LogP contribution in [0.25, 0.3) is 10.8 Å². The summed E-state index contributed by atoms with van der Waals surface area (Å²) in [7, 11) is -2.73. The van der Waals surface area contributed by atoms with E-state index in [4.69, 9.17) is 11.6 Å². The molecule has 0 aromatic heterocycles. The van der Waals surface area contributed by atoms with Crippen molar-refractivity contribution >= 4 is 56.1 Å². The van der Waals surface area contributed by atoms with Gasteiger partial charge in [-0.05, 0) is 61.2 Å². The highest BCUT2D eigenvalue weighted by atomic mass is 35.5. The van der Waals surface area contributed by atoms with E-state index in [-0.39, 0.29) is 48.6 Å². The molecule has 0 radical (unpaired) electrons. The summed E-state index contributed by atoms with van der Waals surface area (Å²) in [5, 5.41) is 4.90. The second-order valence-corrected chi connectivity index (χ2v) is 12.2. The minimum atomic E-state index is -3.99. The van der Waals surface area contributed by atoms with Crippen LogP contribution in [0.3, 0.4) is 0 Å². The monoisotopic (exact) mass is 592 g/mol. The molecule has 2 fully saturated rings. The van der Waals surface area contributed by atoms with Crippen LogP contribution in [0.5, 0.6) is 0 Å². The summed E-state index contributed by atoms with van der Waals surface area (Å²) < 4.78 is 33.2. The summed E-state index contributed by atoms with van der Waals surface area (Å²) in [5.74, 6) is -1.49. The third kappa shape index (κ3) is 6.91. The van der Waals surface area contributed by atoms with E-state index >= 15 is 0 Å². The highest BCUT2D eigenvalue weighted by Crippen LogP contribution is 2.24. The van der Waals surface area contributed by atoms with E-state index in [0.717, 1.165) is 5.39 Å². The third-order valence-corrected chi connectivity index (χ3v) is 9.03. The molecule has 2 heterocycles. The van der Waals surface area contributed by atoms with Crippen molar-refractivity contribution in [1.82, 2.24) is 19.8 Å². The van der Waals surface area contributed by atoms with E-state index in [0.29, 0.717) is 36.3 Å². The van der Waals surface area contributed by atoms with E-state index in [1.807, 2.05) is 0 Å². The predicted octanol–water partition coefficient (Wildman–Crippen LogP) is 1.82. The van der Waals surface area contributed by atoms with Crippen molar-refractivity contribution in [3.8, 4) is 0 Å². The van der Waals surface area contributed by atoms with Gasteiger partial charge in [0.1, 0.15) is 12.1 Å². The fourth-order valence-electron chi connectivity index (χ4n) is 5.12. The van der Waals surface area contributed by atoms with Crippen LogP contribution in [0.4, 0.5) is 0 Å². The molecule has 0 bridgehead atoms. The van der Waals surface area contributed by atoms with Crippen LogP contribution in [-0.2, 0) is 33.9 Å². The van der Waals surface area contributed by atoms with Crippen molar-refractivity contribution in [1.29, 1.82) is 0 Å². The first kappa shape index (κ1) is 29.8. The number of esters is 1. The quantitative estimate of drug-likeness (QED) is 0.423. The lowest BCUT2D eigenvalue weighted by molar-refractivity contribution is -0.144. The van der Waals surface area contributed by atoms with Crippen LogP contribution >= 0.6 is 11.6 Å². The van der Waals surface area contributed by atoms with E-state index < -0.39 is 34.0 Å². The van der Waals surface area contributed by atoms with Crippen molar-refractivity contribution in [3.63, 3.8) is 0 Å². The minimum Gasteiger partial charge on any atom is -0.469 e. The van der Waals surface area contributed by atoms with Gasteiger partial charge in [0, 0.05) is 37.1 Å². The van der Waals surface area contributed by atoms with Crippen LogP contribution in [0.2, 0.25) is 5.02 Å². The van der Waals surface area contributed by atoms with Gasteiger partial charge in [-0.3, -0.25) is 19.2 Å². The Kier molecular flexibility index (Phi) is 9.32. The smallest absolute Gasteiger partial charge is 0.306 e. The van der Waals surface area contributed by atoms with Gasteiger partial charge in [-0.1, -0.05) is 23.7 Å². The minimum absolute atomic E-state index is 0.000649. The lowest BCUT2D eigenvalue weighted by atomic mass is 10.0. The molecule has 2 aromatic carbocycles. The van der Waals surface area contributed by atoms with Crippen molar-refractivity contribution in [2.24, 2.45) is 0 Å². The largest absolute Gasteiger partial charge is 0.469 e. The number of ether oxygens (including phenoxy) is 1. The maximum Gasteiger partial charge on any atom is 0.306 e. The number of carbonyl (C=O) groups excluding carboxylic acids is 4. The summed E-state index contributed by atoms with van der Waals surface area (Å²) >= 11 is 6.01. The molecule has 2 saturated heterocycles. The normalized spacial score (nSPS) is 20.4. The average Bonchev–Trinajstić information content (AvgIpc) is 3.29. The third-order valence-electron chi connectivity index (χ3n) is 7.33. The topological polar surface area (TPSA) is 142 Å². The van der Waals surface area contributed by atoms with Gasteiger partial charge >= 0.3 is 5.97 Å². The molecule has 0 spiro atoms. The van der Waals surface area contributed by atoms with Crippen molar-refractivity contribution in [3.05, 3.63) is 41.4 Å². The van der Waals surface area contributed by atoms with Gasteiger partial charge in [-0.25, -0.2) is 8.42 Å². The number of sulfonamides is 1. The van der Waals surface area contributed by atoms with Gasteiger partial charge in [0.2, 0.25) is 27.7 Å². The maximum atomic E-state index is 13.3. The molecule has 3 atom stereocenters. The highest BCUT2D eigenvalue weighted by Gasteiger charge is 2.40. The molecule has 11 nitrogen and oxygen atoms in total. The molecule has 0 aliphatic carbocycles. The number of likely N-dealkylation sites (tertiary alicyclic amines) is 2. The summed E-state index contributed by atoms with van der Waals surface area (Å²) in [6.07, 6.45) is 1.58. The van der Waals surface area contributed by atoms with Gasteiger partial charge in [-0.2, -0.15) is 4.72 Å². The first-order chi connectivity index (χ1) is 19.0. The number of piperidine rings is 1. The van der Waals surface area contributed by atoms with Gasteiger partial charge in [-0.15, -0.1) is 0 Å². The van der Waals surface area contributed by atoms with Crippen molar-refractivity contribution < 1.29 is 32.3 Å². The fourth-order valence-corrected chi connectivity index (χ4v) is 6.56. The molecule has 13 heteroatoms. The lowest BCUT2D eigenvalue weighted by Gasteiger charge is -2.36. The summed E-state index contributed by atoms with van der Waals surface area (Å²) in [4.78, 5) is 53.0. The number of benzene rings is 2. The molecule has 40 heavy (non-hydrogen) atoms. The molecule has 2 aromatic rings. The first-order valence-corrected chi connectivity index (χ1v) is 15.0.